The molecule has 21 heavy (non-hydrogen) atoms. The van der Waals surface area contributed by atoms with E-state index in [9.17, 15) is 9.50 Å². The van der Waals surface area contributed by atoms with E-state index in [-0.39, 0.29) is 11.8 Å². The summed E-state index contributed by atoms with van der Waals surface area (Å²) in [5.41, 5.74) is 3.86. The molecule has 3 aromatic rings. The zero-order valence-electron chi connectivity index (χ0n) is 11.1. The molecule has 3 rings (SSSR count). The summed E-state index contributed by atoms with van der Waals surface area (Å²) in [4.78, 5) is 4.31. The average Bonchev–Trinajstić information content (AvgIpc) is 2.90. The Hall–Kier alpha value is -1.85. The molecule has 2 aromatic carbocycles. The van der Waals surface area contributed by atoms with Crippen molar-refractivity contribution in [3.05, 3.63) is 52.2 Å². The first-order chi connectivity index (χ1) is 10.1. The van der Waals surface area contributed by atoms with Crippen LogP contribution in [0.25, 0.3) is 10.2 Å². The van der Waals surface area contributed by atoms with Gasteiger partial charge in [-0.05, 0) is 25.1 Å². The van der Waals surface area contributed by atoms with Crippen LogP contribution in [0, 0.1) is 5.82 Å². The Morgan fingerprint density at radius 1 is 1.33 bits per heavy atom. The van der Waals surface area contributed by atoms with Crippen LogP contribution in [0.4, 0.5) is 10.1 Å². The zero-order valence-corrected chi connectivity index (χ0v) is 12.7. The predicted molar refractivity (Wildman–Crippen MR) is 84.7 cm³/mol. The smallest absolute Gasteiger partial charge is 0.126 e. The Kier molecular flexibility index (Phi) is 3.69. The minimum atomic E-state index is -0.469. The first-order valence-electron chi connectivity index (χ1n) is 6.33. The van der Waals surface area contributed by atoms with E-state index in [0.29, 0.717) is 16.3 Å². The maximum Gasteiger partial charge on any atom is 0.126 e. The van der Waals surface area contributed by atoms with Gasteiger partial charge in [0.2, 0.25) is 0 Å². The Morgan fingerprint density at radius 2 is 2.14 bits per heavy atom. The second-order valence-corrected chi connectivity index (χ2v) is 5.98. The number of hydrogen-bond acceptors (Lipinski definition) is 4. The van der Waals surface area contributed by atoms with Gasteiger partial charge in [-0.3, -0.25) is 0 Å². The van der Waals surface area contributed by atoms with Gasteiger partial charge in [0.25, 0.3) is 0 Å². The Bertz CT molecular complexity index is 805. The normalized spacial score (nSPS) is 12.5. The fourth-order valence-corrected chi connectivity index (χ4v) is 3.11. The van der Waals surface area contributed by atoms with Crippen LogP contribution >= 0.6 is 22.9 Å². The second-order valence-electron chi connectivity index (χ2n) is 4.69. The summed E-state index contributed by atoms with van der Waals surface area (Å²) < 4.78 is 14.1. The van der Waals surface area contributed by atoms with Gasteiger partial charge in [0.1, 0.15) is 17.1 Å². The lowest BCUT2D eigenvalue weighted by atomic mass is 10.1. The average molecular weight is 323 g/mol. The van der Waals surface area contributed by atoms with E-state index in [0.717, 1.165) is 16.3 Å². The number of rotatable bonds is 3. The molecule has 6 heteroatoms. The number of anilines is 1. The van der Waals surface area contributed by atoms with E-state index in [4.69, 9.17) is 11.6 Å². The number of thiazole rings is 1. The summed E-state index contributed by atoms with van der Waals surface area (Å²) in [6.45, 7) is 1.87. The topological polar surface area (TPSA) is 45.2 Å². The number of halogens is 2. The number of benzene rings is 2. The van der Waals surface area contributed by atoms with Gasteiger partial charge in [-0.1, -0.05) is 17.7 Å². The molecule has 1 unspecified atom stereocenters. The van der Waals surface area contributed by atoms with E-state index < -0.39 is 5.82 Å². The first kappa shape index (κ1) is 14.1. The van der Waals surface area contributed by atoms with Crippen molar-refractivity contribution < 1.29 is 9.50 Å². The van der Waals surface area contributed by atoms with Crippen molar-refractivity contribution in [2.24, 2.45) is 0 Å². The summed E-state index contributed by atoms with van der Waals surface area (Å²) in [7, 11) is 0. The highest BCUT2D eigenvalue weighted by Crippen LogP contribution is 2.36. The highest BCUT2D eigenvalue weighted by molar-refractivity contribution is 7.16. The van der Waals surface area contributed by atoms with Crippen molar-refractivity contribution in [1.29, 1.82) is 0 Å². The summed E-state index contributed by atoms with van der Waals surface area (Å²) in [6, 6.07) is 7.45. The minimum Gasteiger partial charge on any atom is -0.507 e. The van der Waals surface area contributed by atoms with Crippen molar-refractivity contribution >= 4 is 38.8 Å². The number of aromatic hydroxyl groups is 1. The molecule has 108 valence electrons. The largest absolute Gasteiger partial charge is 0.507 e. The van der Waals surface area contributed by atoms with Crippen molar-refractivity contribution in [3.8, 4) is 5.75 Å². The molecule has 2 N–H and O–H groups in total. The van der Waals surface area contributed by atoms with Gasteiger partial charge in [-0.25, -0.2) is 9.37 Å². The standard InChI is InChI=1S/C15H12ClFN2OS/c1-8(10-3-2-9(17)6-12(10)20)19-14-11(16)4-5-13-15(14)18-7-21-13/h2-8,19-20H,1H3. The maximum atomic E-state index is 13.1. The molecule has 0 saturated heterocycles. The van der Waals surface area contributed by atoms with Gasteiger partial charge in [0, 0.05) is 11.6 Å². The molecule has 3 nitrogen and oxygen atoms in total. The summed E-state index contributed by atoms with van der Waals surface area (Å²) in [5.74, 6) is -0.556. The molecule has 0 aliphatic heterocycles. The molecule has 0 bridgehead atoms. The van der Waals surface area contributed by atoms with Crippen LogP contribution in [0.2, 0.25) is 5.02 Å². The van der Waals surface area contributed by atoms with E-state index in [1.807, 2.05) is 19.1 Å². The summed E-state index contributed by atoms with van der Waals surface area (Å²) >= 11 is 7.77. The number of aromatic nitrogens is 1. The zero-order chi connectivity index (χ0) is 15.0. The molecular formula is C15H12ClFN2OS. The summed E-state index contributed by atoms with van der Waals surface area (Å²) in [5, 5.41) is 13.7. The van der Waals surface area contributed by atoms with E-state index in [2.05, 4.69) is 10.3 Å². The third-order valence-corrected chi connectivity index (χ3v) is 4.38. The lowest BCUT2D eigenvalue weighted by Gasteiger charge is -2.18. The molecule has 0 aliphatic rings. The number of phenols is 1. The molecule has 0 saturated carbocycles. The molecule has 1 atom stereocenters. The molecule has 0 fully saturated rings. The van der Waals surface area contributed by atoms with E-state index >= 15 is 0 Å². The molecule has 0 radical (unpaired) electrons. The molecule has 0 spiro atoms. The van der Waals surface area contributed by atoms with Gasteiger partial charge in [0.15, 0.2) is 0 Å². The summed E-state index contributed by atoms with van der Waals surface area (Å²) in [6.07, 6.45) is 0. The van der Waals surface area contributed by atoms with Crippen LogP contribution < -0.4 is 5.32 Å². The van der Waals surface area contributed by atoms with Gasteiger partial charge >= 0.3 is 0 Å². The van der Waals surface area contributed by atoms with E-state index in [1.165, 1.54) is 17.4 Å². The first-order valence-corrected chi connectivity index (χ1v) is 7.58. The lowest BCUT2D eigenvalue weighted by molar-refractivity contribution is 0.459. The third kappa shape index (κ3) is 2.66. The Labute approximate surface area is 130 Å². The highest BCUT2D eigenvalue weighted by atomic mass is 35.5. The molecule has 1 heterocycles. The molecule has 0 aliphatic carbocycles. The number of nitrogens with one attached hydrogen (secondary N) is 1. The number of nitrogens with zero attached hydrogens (tertiary/aromatic N) is 1. The van der Waals surface area contributed by atoms with Gasteiger partial charge in [0.05, 0.1) is 27.0 Å². The number of fused-ring (bicyclic) bond motifs is 1. The highest BCUT2D eigenvalue weighted by Gasteiger charge is 2.15. The SMILES string of the molecule is CC(Nc1c(Cl)ccc2scnc12)c1ccc(F)cc1O. The van der Waals surface area contributed by atoms with Gasteiger partial charge in [-0.2, -0.15) is 0 Å². The quantitative estimate of drug-likeness (QED) is 0.715. The van der Waals surface area contributed by atoms with E-state index in [1.54, 1.807) is 11.6 Å². The molecule has 1 aromatic heterocycles. The number of phenolic OH excluding ortho intramolecular Hbond substituents is 1. The van der Waals surface area contributed by atoms with Crippen LogP contribution in [-0.4, -0.2) is 10.1 Å². The monoisotopic (exact) mass is 322 g/mol. The van der Waals surface area contributed by atoms with Gasteiger partial charge < -0.3 is 10.4 Å². The molecule has 0 amide bonds. The predicted octanol–water partition coefficient (Wildman–Crippen LogP) is 4.97. The van der Waals surface area contributed by atoms with Crippen LogP contribution in [-0.2, 0) is 0 Å². The van der Waals surface area contributed by atoms with Crippen LogP contribution in [0.15, 0.2) is 35.8 Å². The van der Waals surface area contributed by atoms with Crippen molar-refractivity contribution in [2.45, 2.75) is 13.0 Å². The third-order valence-electron chi connectivity index (χ3n) is 3.27. The van der Waals surface area contributed by atoms with Crippen LogP contribution in [0.3, 0.4) is 0 Å². The van der Waals surface area contributed by atoms with Crippen molar-refractivity contribution in [3.63, 3.8) is 0 Å². The Balaban J connectivity index is 1.98. The number of hydrogen-bond donors (Lipinski definition) is 2. The molecular weight excluding hydrogens is 311 g/mol. The van der Waals surface area contributed by atoms with Crippen LogP contribution in [0.1, 0.15) is 18.5 Å². The fourth-order valence-electron chi connectivity index (χ4n) is 2.22. The Morgan fingerprint density at radius 3 is 2.90 bits per heavy atom. The lowest BCUT2D eigenvalue weighted by Crippen LogP contribution is -2.08. The fraction of sp³-hybridized carbons (Fsp3) is 0.133. The minimum absolute atomic E-state index is 0.0865. The van der Waals surface area contributed by atoms with Gasteiger partial charge in [-0.15, -0.1) is 11.3 Å². The van der Waals surface area contributed by atoms with Crippen LogP contribution in [0.5, 0.6) is 5.75 Å². The maximum absolute atomic E-state index is 13.1. The van der Waals surface area contributed by atoms with Crippen molar-refractivity contribution in [1.82, 2.24) is 4.98 Å². The van der Waals surface area contributed by atoms with Crippen molar-refractivity contribution in [2.75, 3.05) is 5.32 Å². The second kappa shape index (κ2) is 5.50.